The lowest BCUT2D eigenvalue weighted by Crippen LogP contribution is -2.04. The lowest BCUT2D eigenvalue weighted by Gasteiger charge is -2.09. The quantitative estimate of drug-likeness (QED) is 0.771. The predicted octanol–water partition coefficient (Wildman–Crippen LogP) is 2.86. The molecule has 3 aromatic rings. The Balaban J connectivity index is 2.03. The van der Waals surface area contributed by atoms with Gasteiger partial charge in [0, 0.05) is 24.8 Å². The van der Waals surface area contributed by atoms with Gasteiger partial charge in [-0.3, -0.25) is 4.98 Å². The molecule has 20 heavy (non-hydrogen) atoms. The Labute approximate surface area is 120 Å². The van der Waals surface area contributed by atoms with Gasteiger partial charge in [0.2, 0.25) is 17.2 Å². The predicted molar refractivity (Wildman–Crippen MR) is 79.4 cm³/mol. The number of anilines is 3. The van der Waals surface area contributed by atoms with Crippen molar-refractivity contribution >= 4 is 40.0 Å². The number of pyridine rings is 1. The highest BCUT2D eigenvalue weighted by molar-refractivity contribution is 6.28. The molecule has 100 valence electrons. The molecule has 2 N–H and O–H groups in total. The number of nitrogens with zero attached hydrogens (tertiary/aromatic N) is 4. The van der Waals surface area contributed by atoms with E-state index in [0.717, 1.165) is 16.5 Å². The summed E-state index contributed by atoms with van der Waals surface area (Å²) in [6, 6.07) is 7.84. The molecule has 3 rings (SSSR count). The molecule has 0 spiro atoms. The van der Waals surface area contributed by atoms with Gasteiger partial charge >= 0.3 is 0 Å². The van der Waals surface area contributed by atoms with E-state index >= 15 is 0 Å². The van der Waals surface area contributed by atoms with E-state index in [4.69, 9.17) is 11.6 Å². The van der Waals surface area contributed by atoms with Crippen molar-refractivity contribution in [2.24, 2.45) is 0 Å². The van der Waals surface area contributed by atoms with Crippen LogP contribution in [0.2, 0.25) is 5.28 Å². The first-order chi connectivity index (χ1) is 9.76. The Morgan fingerprint density at radius 2 is 1.90 bits per heavy atom. The van der Waals surface area contributed by atoms with E-state index in [1.54, 1.807) is 19.4 Å². The molecular formula is C13H11ClN6. The molecule has 0 amide bonds. The molecular weight excluding hydrogens is 276 g/mol. The molecule has 0 saturated heterocycles. The number of hydrogen-bond acceptors (Lipinski definition) is 6. The lowest BCUT2D eigenvalue weighted by molar-refractivity contribution is 1.05. The van der Waals surface area contributed by atoms with Crippen LogP contribution in [-0.2, 0) is 0 Å². The van der Waals surface area contributed by atoms with Gasteiger partial charge in [-0.05, 0) is 29.1 Å². The standard InChI is InChI=1S/C13H11ClN6/c1-15-12-18-11(14)19-13(20-12)17-10-4-2-3-8-5-6-16-7-9(8)10/h2-7H,1H3,(H2,15,17,18,19,20). The van der Waals surface area contributed by atoms with Crippen molar-refractivity contribution in [3.05, 3.63) is 41.9 Å². The summed E-state index contributed by atoms with van der Waals surface area (Å²) >= 11 is 5.86. The summed E-state index contributed by atoms with van der Waals surface area (Å²) in [5.41, 5.74) is 0.861. The molecule has 1 aromatic carbocycles. The number of hydrogen-bond donors (Lipinski definition) is 2. The van der Waals surface area contributed by atoms with Crippen LogP contribution in [0.1, 0.15) is 0 Å². The molecule has 6 nitrogen and oxygen atoms in total. The average molecular weight is 287 g/mol. The number of aromatic nitrogens is 4. The summed E-state index contributed by atoms with van der Waals surface area (Å²) in [7, 11) is 1.72. The number of nitrogens with one attached hydrogen (secondary N) is 2. The third-order valence-electron chi connectivity index (χ3n) is 2.76. The first kappa shape index (κ1) is 12.6. The van der Waals surface area contributed by atoms with Gasteiger partial charge in [0.25, 0.3) is 0 Å². The Morgan fingerprint density at radius 3 is 2.75 bits per heavy atom. The summed E-state index contributed by atoms with van der Waals surface area (Å²) in [6.07, 6.45) is 3.55. The maximum absolute atomic E-state index is 5.86. The number of benzene rings is 1. The van der Waals surface area contributed by atoms with Crippen molar-refractivity contribution in [3.8, 4) is 0 Å². The van der Waals surface area contributed by atoms with Crippen LogP contribution in [0.5, 0.6) is 0 Å². The smallest absolute Gasteiger partial charge is 0.233 e. The highest BCUT2D eigenvalue weighted by Gasteiger charge is 2.06. The minimum Gasteiger partial charge on any atom is -0.357 e. The maximum Gasteiger partial charge on any atom is 0.233 e. The third kappa shape index (κ3) is 2.46. The minimum absolute atomic E-state index is 0.130. The average Bonchev–Trinajstić information content (AvgIpc) is 2.47. The molecule has 0 unspecified atom stereocenters. The van der Waals surface area contributed by atoms with Crippen molar-refractivity contribution in [1.82, 2.24) is 19.9 Å². The Morgan fingerprint density at radius 1 is 1.05 bits per heavy atom. The van der Waals surface area contributed by atoms with Crippen LogP contribution in [0.4, 0.5) is 17.6 Å². The number of fused-ring (bicyclic) bond motifs is 1. The summed E-state index contributed by atoms with van der Waals surface area (Å²) in [5, 5.41) is 8.16. The van der Waals surface area contributed by atoms with Gasteiger partial charge in [0.15, 0.2) is 0 Å². The second kappa shape index (κ2) is 5.26. The molecule has 2 aromatic heterocycles. The minimum atomic E-state index is 0.130. The van der Waals surface area contributed by atoms with E-state index < -0.39 is 0 Å². The molecule has 0 bridgehead atoms. The second-order valence-corrected chi connectivity index (χ2v) is 4.37. The molecule has 0 saturated carbocycles. The highest BCUT2D eigenvalue weighted by Crippen LogP contribution is 2.24. The van der Waals surface area contributed by atoms with E-state index in [1.165, 1.54) is 0 Å². The van der Waals surface area contributed by atoms with Crippen molar-refractivity contribution in [1.29, 1.82) is 0 Å². The van der Waals surface area contributed by atoms with E-state index in [9.17, 15) is 0 Å². The van der Waals surface area contributed by atoms with Crippen LogP contribution in [0, 0.1) is 0 Å². The van der Waals surface area contributed by atoms with Crippen molar-refractivity contribution < 1.29 is 0 Å². The van der Waals surface area contributed by atoms with Crippen LogP contribution >= 0.6 is 11.6 Å². The van der Waals surface area contributed by atoms with Gasteiger partial charge < -0.3 is 10.6 Å². The molecule has 0 aliphatic rings. The third-order valence-corrected chi connectivity index (χ3v) is 2.93. The van der Waals surface area contributed by atoms with Crippen LogP contribution in [0.15, 0.2) is 36.7 Å². The molecule has 0 aliphatic carbocycles. The van der Waals surface area contributed by atoms with Crippen molar-refractivity contribution in [2.45, 2.75) is 0 Å². The van der Waals surface area contributed by atoms with Crippen LogP contribution in [-0.4, -0.2) is 27.0 Å². The fraction of sp³-hybridized carbons (Fsp3) is 0.0769. The fourth-order valence-corrected chi connectivity index (χ4v) is 2.02. The molecule has 0 atom stereocenters. The summed E-state index contributed by atoms with van der Waals surface area (Å²) in [6.45, 7) is 0. The number of halogens is 1. The summed E-state index contributed by atoms with van der Waals surface area (Å²) in [4.78, 5) is 16.3. The van der Waals surface area contributed by atoms with Crippen LogP contribution in [0.25, 0.3) is 10.8 Å². The second-order valence-electron chi connectivity index (χ2n) is 4.03. The van der Waals surface area contributed by atoms with Gasteiger partial charge in [-0.15, -0.1) is 0 Å². The Bertz CT molecular complexity index is 755. The zero-order valence-electron chi connectivity index (χ0n) is 10.6. The summed E-state index contributed by atoms with van der Waals surface area (Å²) < 4.78 is 0. The highest BCUT2D eigenvalue weighted by atomic mass is 35.5. The summed E-state index contributed by atoms with van der Waals surface area (Å²) in [5.74, 6) is 0.788. The molecule has 0 aliphatic heterocycles. The van der Waals surface area contributed by atoms with Crippen LogP contribution < -0.4 is 10.6 Å². The van der Waals surface area contributed by atoms with E-state index in [-0.39, 0.29) is 5.28 Å². The first-order valence-electron chi connectivity index (χ1n) is 5.95. The molecule has 0 radical (unpaired) electrons. The largest absolute Gasteiger partial charge is 0.357 e. The van der Waals surface area contributed by atoms with Crippen LogP contribution in [0.3, 0.4) is 0 Å². The van der Waals surface area contributed by atoms with Crippen molar-refractivity contribution in [3.63, 3.8) is 0 Å². The van der Waals surface area contributed by atoms with Gasteiger partial charge in [-0.25, -0.2) is 0 Å². The molecule has 2 heterocycles. The molecule has 0 fully saturated rings. The maximum atomic E-state index is 5.86. The zero-order valence-corrected chi connectivity index (χ0v) is 11.4. The van der Waals surface area contributed by atoms with E-state index in [2.05, 4.69) is 30.6 Å². The normalized spacial score (nSPS) is 10.5. The Kier molecular flexibility index (Phi) is 3.30. The monoisotopic (exact) mass is 286 g/mol. The van der Waals surface area contributed by atoms with Crippen molar-refractivity contribution in [2.75, 3.05) is 17.7 Å². The zero-order chi connectivity index (χ0) is 13.9. The first-order valence-corrected chi connectivity index (χ1v) is 6.33. The fourth-order valence-electron chi connectivity index (χ4n) is 1.86. The lowest BCUT2D eigenvalue weighted by atomic mass is 10.1. The SMILES string of the molecule is CNc1nc(Cl)nc(Nc2cccc3ccncc23)n1. The number of rotatable bonds is 3. The van der Waals surface area contributed by atoms with E-state index in [0.29, 0.717) is 11.9 Å². The Hall–Kier alpha value is -2.47. The van der Waals surface area contributed by atoms with Gasteiger partial charge in [-0.2, -0.15) is 15.0 Å². The van der Waals surface area contributed by atoms with Gasteiger partial charge in [0.1, 0.15) is 0 Å². The van der Waals surface area contributed by atoms with Gasteiger partial charge in [-0.1, -0.05) is 12.1 Å². The molecule has 7 heteroatoms. The van der Waals surface area contributed by atoms with E-state index in [1.807, 2.05) is 24.3 Å². The topological polar surface area (TPSA) is 75.6 Å². The van der Waals surface area contributed by atoms with Gasteiger partial charge in [0.05, 0.1) is 5.69 Å².